The number of ether oxygens (including phenoxy) is 2. The van der Waals surface area contributed by atoms with Crippen molar-refractivity contribution < 1.29 is 14.3 Å². The summed E-state index contributed by atoms with van der Waals surface area (Å²) in [5, 5.41) is 0. The second-order valence-corrected chi connectivity index (χ2v) is 6.24. The van der Waals surface area contributed by atoms with Crippen LogP contribution in [0.25, 0.3) is 0 Å². The summed E-state index contributed by atoms with van der Waals surface area (Å²) in [5.41, 5.74) is 0.715. The van der Waals surface area contributed by atoms with Crippen LogP contribution in [0.3, 0.4) is 0 Å². The van der Waals surface area contributed by atoms with Crippen LogP contribution in [0.4, 0.5) is 0 Å². The summed E-state index contributed by atoms with van der Waals surface area (Å²) in [5.74, 6) is 1.75. The Morgan fingerprint density at radius 1 is 1.08 bits per heavy atom. The van der Waals surface area contributed by atoms with Crippen LogP contribution in [0.2, 0.25) is 0 Å². The number of methoxy groups -OCH3 is 2. The van der Waals surface area contributed by atoms with Gasteiger partial charge in [-0.3, -0.25) is 9.69 Å². The highest BCUT2D eigenvalue weighted by atomic mass is 35.5. The van der Waals surface area contributed by atoms with Crippen molar-refractivity contribution in [3.05, 3.63) is 23.8 Å². The van der Waals surface area contributed by atoms with Crippen molar-refractivity contribution in [1.29, 1.82) is 0 Å². The molecule has 0 amide bonds. The summed E-state index contributed by atoms with van der Waals surface area (Å²) in [7, 11) is 3.27. The van der Waals surface area contributed by atoms with E-state index in [9.17, 15) is 4.79 Å². The molecule has 24 heavy (non-hydrogen) atoms. The lowest BCUT2D eigenvalue weighted by Gasteiger charge is -2.31. The van der Waals surface area contributed by atoms with Gasteiger partial charge in [0, 0.05) is 0 Å². The largest absolute Gasteiger partial charge is 0.493 e. The smallest absolute Gasteiger partial charge is 0.161 e. The molecule has 5 heteroatoms. The lowest BCUT2D eigenvalue weighted by molar-refractivity contribution is -0.125. The third-order valence-electron chi connectivity index (χ3n) is 5.19. The van der Waals surface area contributed by atoms with Gasteiger partial charge >= 0.3 is 0 Å². The zero-order valence-corrected chi connectivity index (χ0v) is 16.1. The van der Waals surface area contributed by atoms with Gasteiger partial charge in [0.05, 0.1) is 26.2 Å². The van der Waals surface area contributed by atoms with E-state index < -0.39 is 0 Å². The van der Waals surface area contributed by atoms with Gasteiger partial charge in [-0.25, -0.2) is 0 Å². The Balaban J connectivity index is 0.00000288. The molecule has 0 aliphatic heterocycles. The third-order valence-corrected chi connectivity index (χ3v) is 5.19. The Labute approximate surface area is 151 Å². The molecule has 0 aromatic heterocycles. The Kier molecular flexibility index (Phi) is 8.04. The molecule has 0 unspecified atom stereocenters. The number of carbonyl (C=O) groups excluding carboxylic acids is 1. The highest BCUT2D eigenvalue weighted by Crippen LogP contribution is 2.44. The van der Waals surface area contributed by atoms with Crippen molar-refractivity contribution in [2.75, 3.05) is 33.9 Å². The quantitative estimate of drug-likeness (QED) is 0.710. The Bertz CT molecular complexity index is 537. The number of Topliss-reactive ketones (excluding diaryl/α,β-unsaturated/α-hetero) is 1. The highest BCUT2D eigenvalue weighted by molar-refractivity contribution is 5.92. The Hall–Kier alpha value is -1.26. The summed E-state index contributed by atoms with van der Waals surface area (Å²) in [4.78, 5) is 15.3. The number of hydrogen-bond acceptors (Lipinski definition) is 4. The minimum atomic E-state index is -0.359. The van der Waals surface area contributed by atoms with Crippen LogP contribution in [0.15, 0.2) is 18.2 Å². The SMILES string of the molecule is CCN(CC)CC(=O)C1(c2ccc(OC)c(OC)c2)CCCC1.Cl. The Morgan fingerprint density at radius 3 is 2.17 bits per heavy atom. The van der Waals surface area contributed by atoms with Crippen molar-refractivity contribution in [2.45, 2.75) is 44.9 Å². The maximum absolute atomic E-state index is 13.1. The lowest BCUT2D eigenvalue weighted by atomic mass is 9.75. The molecule has 1 fully saturated rings. The standard InChI is InChI=1S/C19H29NO3.ClH/c1-5-20(6-2)14-18(21)19(11-7-8-12-19)15-9-10-16(22-3)17(13-15)23-4;/h9-10,13H,5-8,11-12,14H2,1-4H3;1H. The van der Waals surface area contributed by atoms with Gasteiger partial charge in [0.25, 0.3) is 0 Å². The van der Waals surface area contributed by atoms with Crippen molar-refractivity contribution >= 4 is 18.2 Å². The number of rotatable bonds is 8. The molecule has 0 heterocycles. The van der Waals surface area contributed by atoms with Crippen LogP contribution in [-0.4, -0.2) is 44.5 Å². The number of hydrogen-bond donors (Lipinski definition) is 0. The zero-order valence-electron chi connectivity index (χ0n) is 15.3. The van der Waals surface area contributed by atoms with E-state index >= 15 is 0 Å². The molecule has 1 aliphatic rings. The van der Waals surface area contributed by atoms with Crippen LogP contribution in [0, 0.1) is 0 Å². The molecule has 0 radical (unpaired) electrons. The lowest BCUT2D eigenvalue weighted by Crippen LogP contribution is -2.41. The van der Waals surface area contributed by atoms with E-state index in [-0.39, 0.29) is 17.8 Å². The Morgan fingerprint density at radius 2 is 1.67 bits per heavy atom. The highest BCUT2D eigenvalue weighted by Gasteiger charge is 2.42. The van der Waals surface area contributed by atoms with Gasteiger partial charge in [0.2, 0.25) is 0 Å². The van der Waals surface area contributed by atoms with Gasteiger partial charge in [-0.2, -0.15) is 0 Å². The molecule has 0 N–H and O–H groups in total. The molecule has 0 bridgehead atoms. The fourth-order valence-corrected chi connectivity index (χ4v) is 3.64. The molecule has 2 rings (SSSR count). The number of likely N-dealkylation sites (N-methyl/N-ethyl adjacent to an activating group) is 1. The number of benzene rings is 1. The molecule has 0 atom stereocenters. The third kappa shape index (κ3) is 4.04. The van der Waals surface area contributed by atoms with Crippen molar-refractivity contribution in [3.8, 4) is 11.5 Å². The minimum Gasteiger partial charge on any atom is -0.493 e. The first-order valence-electron chi connectivity index (χ1n) is 8.59. The predicted octanol–water partition coefficient (Wildman–Crippen LogP) is 3.85. The predicted molar refractivity (Wildman–Crippen MR) is 99.7 cm³/mol. The molecule has 1 aromatic carbocycles. The average Bonchev–Trinajstić information content (AvgIpc) is 3.09. The van der Waals surface area contributed by atoms with Gasteiger partial charge in [-0.15, -0.1) is 12.4 Å². The van der Waals surface area contributed by atoms with Crippen molar-refractivity contribution in [1.82, 2.24) is 4.90 Å². The summed E-state index contributed by atoms with van der Waals surface area (Å²) >= 11 is 0. The number of halogens is 1. The first-order valence-corrected chi connectivity index (χ1v) is 8.59. The zero-order chi connectivity index (χ0) is 16.9. The molecule has 1 aromatic rings. The number of nitrogens with zero attached hydrogens (tertiary/aromatic N) is 1. The molecule has 0 saturated heterocycles. The molecular weight excluding hydrogens is 326 g/mol. The van der Waals surface area contributed by atoms with Gasteiger partial charge < -0.3 is 9.47 Å². The second kappa shape index (κ2) is 9.28. The number of ketones is 1. The normalized spacial score (nSPS) is 15.9. The monoisotopic (exact) mass is 355 g/mol. The summed E-state index contributed by atoms with van der Waals surface area (Å²) in [6, 6.07) is 5.94. The van der Waals surface area contributed by atoms with Crippen LogP contribution in [0.1, 0.15) is 45.1 Å². The molecule has 1 saturated carbocycles. The molecule has 0 spiro atoms. The van der Waals surface area contributed by atoms with E-state index in [2.05, 4.69) is 18.7 Å². The molecule has 1 aliphatic carbocycles. The topological polar surface area (TPSA) is 38.8 Å². The second-order valence-electron chi connectivity index (χ2n) is 6.24. The molecular formula is C19H30ClNO3. The van der Waals surface area contributed by atoms with Crippen LogP contribution < -0.4 is 9.47 Å². The van der Waals surface area contributed by atoms with Gasteiger partial charge in [0.1, 0.15) is 0 Å². The van der Waals surface area contributed by atoms with Gasteiger partial charge in [0.15, 0.2) is 17.3 Å². The fourth-order valence-electron chi connectivity index (χ4n) is 3.64. The summed E-state index contributed by atoms with van der Waals surface area (Å²) in [6.07, 6.45) is 4.09. The number of carbonyl (C=O) groups is 1. The van der Waals surface area contributed by atoms with Crippen molar-refractivity contribution in [3.63, 3.8) is 0 Å². The van der Waals surface area contributed by atoms with E-state index in [1.807, 2.05) is 18.2 Å². The average molecular weight is 356 g/mol. The molecule has 4 nitrogen and oxygen atoms in total. The van der Waals surface area contributed by atoms with Crippen LogP contribution >= 0.6 is 12.4 Å². The summed E-state index contributed by atoms with van der Waals surface area (Å²) < 4.78 is 10.8. The first kappa shape index (κ1) is 20.8. The van der Waals surface area contributed by atoms with E-state index in [1.165, 1.54) is 0 Å². The van der Waals surface area contributed by atoms with E-state index in [1.54, 1.807) is 14.2 Å². The fraction of sp³-hybridized carbons (Fsp3) is 0.632. The van der Waals surface area contributed by atoms with E-state index in [0.717, 1.165) is 44.3 Å². The molecule has 136 valence electrons. The summed E-state index contributed by atoms with van der Waals surface area (Å²) in [6.45, 7) is 6.55. The minimum absolute atomic E-state index is 0. The van der Waals surface area contributed by atoms with Crippen LogP contribution in [0.5, 0.6) is 11.5 Å². The van der Waals surface area contributed by atoms with E-state index in [4.69, 9.17) is 9.47 Å². The van der Waals surface area contributed by atoms with Gasteiger partial charge in [-0.1, -0.05) is 32.8 Å². The maximum atomic E-state index is 13.1. The van der Waals surface area contributed by atoms with E-state index in [0.29, 0.717) is 23.8 Å². The first-order chi connectivity index (χ1) is 11.1. The van der Waals surface area contributed by atoms with Gasteiger partial charge in [-0.05, 0) is 43.6 Å². The van der Waals surface area contributed by atoms with Crippen LogP contribution in [-0.2, 0) is 10.2 Å². The van der Waals surface area contributed by atoms with Crippen molar-refractivity contribution in [2.24, 2.45) is 0 Å². The maximum Gasteiger partial charge on any atom is 0.161 e.